The lowest BCUT2D eigenvalue weighted by molar-refractivity contribution is 0.447. The van der Waals surface area contributed by atoms with E-state index in [-0.39, 0.29) is 12.1 Å². The quantitative estimate of drug-likeness (QED) is 0.896. The fraction of sp³-hybridized carbons (Fsp3) is 0.643. The minimum absolute atomic E-state index is 0.174. The Labute approximate surface area is 119 Å². The molecule has 20 heavy (non-hydrogen) atoms. The molecule has 6 heteroatoms. The number of nitrogens with one attached hydrogen (secondary N) is 2. The maximum absolute atomic E-state index is 4.40. The van der Waals surface area contributed by atoms with E-state index in [1.54, 1.807) is 6.20 Å². The van der Waals surface area contributed by atoms with E-state index in [0.29, 0.717) is 0 Å². The lowest BCUT2D eigenvalue weighted by atomic mass is 10.2. The number of H-pyrrole nitrogens is 1. The zero-order chi connectivity index (χ0) is 13.9. The molecular formula is C14H22N6. The van der Waals surface area contributed by atoms with E-state index in [2.05, 4.69) is 44.1 Å². The third-order valence-electron chi connectivity index (χ3n) is 4.01. The van der Waals surface area contributed by atoms with Crippen molar-refractivity contribution in [3.05, 3.63) is 29.6 Å². The molecule has 0 radical (unpaired) electrons. The van der Waals surface area contributed by atoms with E-state index in [1.807, 2.05) is 6.07 Å². The molecule has 0 bridgehead atoms. The van der Waals surface area contributed by atoms with Crippen molar-refractivity contribution < 1.29 is 0 Å². The van der Waals surface area contributed by atoms with Gasteiger partial charge in [0.15, 0.2) is 0 Å². The van der Waals surface area contributed by atoms with Crippen molar-refractivity contribution in [3.63, 3.8) is 0 Å². The molecule has 108 valence electrons. The summed E-state index contributed by atoms with van der Waals surface area (Å²) in [4.78, 5) is 0. The Kier molecular flexibility index (Phi) is 3.82. The van der Waals surface area contributed by atoms with Crippen LogP contribution < -0.4 is 5.32 Å². The van der Waals surface area contributed by atoms with Gasteiger partial charge in [0.2, 0.25) is 0 Å². The summed E-state index contributed by atoms with van der Waals surface area (Å²) in [5.41, 5.74) is 1.09. The van der Waals surface area contributed by atoms with Gasteiger partial charge in [0.25, 0.3) is 0 Å². The normalized spacial score (nSPS) is 18.3. The molecule has 0 spiro atoms. The molecule has 0 aliphatic carbocycles. The van der Waals surface area contributed by atoms with Gasteiger partial charge < -0.3 is 4.57 Å². The van der Waals surface area contributed by atoms with E-state index < -0.39 is 0 Å². The number of nitrogens with zero attached hydrogens (tertiary/aromatic N) is 4. The predicted octanol–water partition coefficient (Wildman–Crippen LogP) is 2.14. The summed E-state index contributed by atoms with van der Waals surface area (Å²) in [7, 11) is 0. The predicted molar refractivity (Wildman–Crippen MR) is 76.1 cm³/mol. The Balaban J connectivity index is 1.74. The molecule has 1 aliphatic rings. The minimum atomic E-state index is 0.174. The van der Waals surface area contributed by atoms with Crippen LogP contribution in [0.1, 0.15) is 62.5 Å². The van der Waals surface area contributed by atoms with Gasteiger partial charge >= 0.3 is 0 Å². The lowest BCUT2D eigenvalue weighted by Gasteiger charge is -2.19. The van der Waals surface area contributed by atoms with Crippen molar-refractivity contribution in [3.8, 4) is 0 Å². The zero-order valence-electron chi connectivity index (χ0n) is 12.1. The van der Waals surface area contributed by atoms with E-state index >= 15 is 0 Å². The van der Waals surface area contributed by atoms with E-state index in [4.69, 9.17) is 0 Å². The average molecular weight is 274 g/mol. The molecule has 2 aromatic rings. The summed E-state index contributed by atoms with van der Waals surface area (Å²) in [6.07, 6.45) is 6.57. The van der Waals surface area contributed by atoms with Crippen LogP contribution in [0.2, 0.25) is 0 Å². The topological polar surface area (TPSA) is 71.4 Å². The van der Waals surface area contributed by atoms with Gasteiger partial charge in [-0.25, -0.2) is 0 Å². The van der Waals surface area contributed by atoms with E-state index in [0.717, 1.165) is 30.3 Å². The first kappa shape index (κ1) is 13.3. The van der Waals surface area contributed by atoms with Crippen molar-refractivity contribution in [2.75, 3.05) is 0 Å². The highest BCUT2D eigenvalue weighted by molar-refractivity contribution is 5.07. The van der Waals surface area contributed by atoms with Crippen LogP contribution in [-0.2, 0) is 13.0 Å². The standard InChI is InChI=1S/C14H22N6/c1-10(12-7-8-15-17-12)16-11(2)14-19-18-13-6-4-3-5-9-20(13)14/h7-8,10-11,16H,3-6,9H2,1-2H3,(H,15,17). The Morgan fingerprint density at radius 2 is 2.10 bits per heavy atom. The molecule has 0 fully saturated rings. The molecule has 0 saturated heterocycles. The number of hydrogen-bond acceptors (Lipinski definition) is 4. The van der Waals surface area contributed by atoms with Crippen LogP contribution in [0.15, 0.2) is 12.3 Å². The van der Waals surface area contributed by atoms with Crippen LogP contribution in [0.25, 0.3) is 0 Å². The van der Waals surface area contributed by atoms with Crippen LogP contribution in [0.5, 0.6) is 0 Å². The van der Waals surface area contributed by atoms with Gasteiger partial charge in [0.05, 0.1) is 11.7 Å². The highest BCUT2D eigenvalue weighted by Crippen LogP contribution is 2.21. The van der Waals surface area contributed by atoms with E-state index in [9.17, 15) is 0 Å². The zero-order valence-corrected chi connectivity index (χ0v) is 12.1. The molecule has 1 aliphatic heterocycles. The molecule has 2 unspecified atom stereocenters. The average Bonchev–Trinajstić information content (AvgIpc) is 3.04. The summed E-state index contributed by atoms with van der Waals surface area (Å²) < 4.78 is 2.30. The largest absolute Gasteiger partial charge is 0.314 e. The highest BCUT2D eigenvalue weighted by atomic mass is 15.3. The molecule has 6 nitrogen and oxygen atoms in total. The summed E-state index contributed by atoms with van der Waals surface area (Å²) in [5, 5.41) is 19.3. The second kappa shape index (κ2) is 5.75. The smallest absolute Gasteiger partial charge is 0.149 e. The molecule has 2 aromatic heterocycles. The highest BCUT2D eigenvalue weighted by Gasteiger charge is 2.20. The van der Waals surface area contributed by atoms with E-state index in [1.165, 1.54) is 19.3 Å². The monoisotopic (exact) mass is 274 g/mol. The second-order valence-electron chi connectivity index (χ2n) is 5.56. The Hall–Kier alpha value is -1.69. The lowest BCUT2D eigenvalue weighted by Crippen LogP contribution is -2.25. The number of rotatable bonds is 4. The molecule has 2 atom stereocenters. The van der Waals surface area contributed by atoms with Crippen LogP contribution in [0, 0.1) is 0 Å². The minimum Gasteiger partial charge on any atom is -0.314 e. The van der Waals surface area contributed by atoms with Gasteiger partial charge in [-0.1, -0.05) is 6.42 Å². The molecule has 3 heterocycles. The van der Waals surface area contributed by atoms with Crippen molar-refractivity contribution >= 4 is 0 Å². The van der Waals surface area contributed by atoms with Crippen LogP contribution in [0.4, 0.5) is 0 Å². The first-order chi connectivity index (χ1) is 9.75. The van der Waals surface area contributed by atoms with Gasteiger partial charge in [0, 0.05) is 25.2 Å². The van der Waals surface area contributed by atoms with Gasteiger partial charge in [-0.05, 0) is 32.8 Å². The van der Waals surface area contributed by atoms with Crippen LogP contribution in [-0.4, -0.2) is 25.0 Å². The Morgan fingerprint density at radius 1 is 1.20 bits per heavy atom. The van der Waals surface area contributed by atoms with Crippen molar-refractivity contribution in [1.29, 1.82) is 0 Å². The molecule has 0 saturated carbocycles. The molecule has 3 rings (SSSR count). The maximum atomic E-state index is 4.40. The van der Waals surface area contributed by atoms with Crippen LogP contribution >= 0.6 is 0 Å². The fourth-order valence-corrected chi connectivity index (χ4v) is 2.87. The first-order valence-electron chi connectivity index (χ1n) is 7.43. The van der Waals surface area contributed by atoms with Gasteiger partial charge in [0.1, 0.15) is 11.6 Å². The van der Waals surface area contributed by atoms with Crippen LogP contribution in [0.3, 0.4) is 0 Å². The third kappa shape index (κ3) is 2.60. The molecule has 0 aromatic carbocycles. The number of fused-ring (bicyclic) bond motifs is 1. The molecule has 0 amide bonds. The van der Waals surface area contributed by atoms with Gasteiger partial charge in [-0.3, -0.25) is 10.4 Å². The number of aromatic nitrogens is 5. The van der Waals surface area contributed by atoms with Gasteiger partial charge in [-0.2, -0.15) is 5.10 Å². The maximum Gasteiger partial charge on any atom is 0.149 e. The molecular weight excluding hydrogens is 252 g/mol. The Morgan fingerprint density at radius 3 is 2.90 bits per heavy atom. The van der Waals surface area contributed by atoms with Crippen molar-refractivity contribution in [1.82, 2.24) is 30.3 Å². The second-order valence-corrected chi connectivity index (χ2v) is 5.56. The van der Waals surface area contributed by atoms with Gasteiger partial charge in [-0.15, -0.1) is 10.2 Å². The van der Waals surface area contributed by atoms with Crippen molar-refractivity contribution in [2.45, 2.75) is 58.2 Å². The SMILES string of the molecule is CC(NC(C)c1nnc2n1CCCCC2)c1ccn[nH]1. The van der Waals surface area contributed by atoms with Crippen molar-refractivity contribution in [2.24, 2.45) is 0 Å². The number of aromatic amines is 1. The molecule has 2 N–H and O–H groups in total. The third-order valence-corrected chi connectivity index (χ3v) is 4.01. The summed E-state index contributed by atoms with van der Waals surface area (Å²) in [5.74, 6) is 2.19. The first-order valence-corrected chi connectivity index (χ1v) is 7.43. The summed E-state index contributed by atoms with van der Waals surface area (Å²) >= 11 is 0. The Bertz CT molecular complexity index is 544. The number of aryl methyl sites for hydroxylation is 1. The summed E-state index contributed by atoms with van der Waals surface area (Å²) in [6, 6.07) is 2.38. The number of hydrogen-bond donors (Lipinski definition) is 2. The summed E-state index contributed by atoms with van der Waals surface area (Å²) in [6.45, 7) is 5.32. The fourth-order valence-electron chi connectivity index (χ4n) is 2.87.